The van der Waals surface area contributed by atoms with Gasteiger partial charge in [0.2, 0.25) is 0 Å². The summed E-state index contributed by atoms with van der Waals surface area (Å²) in [5.41, 5.74) is 0.955. The molecule has 2 aromatic carbocycles. The third-order valence-corrected chi connectivity index (χ3v) is 3.12. The van der Waals surface area contributed by atoms with E-state index in [4.69, 9.17) is 4.74 Å². The normalized spacial score (nSPS) is 11.8. The van der Waals surface area contributed by atoms with Crippen molar-refractivity contribution in [3.63, 3.8) is 0 Å². The number of hydrogen-bond acceptors (Lipinski definition) is 3. The minimum Gasteiger partial charge on any atom is -0.425 e. The third-order valence-electron chi connectivity index (χ3n) is 3.12. The lowest BCUT2D eigenvalue weighted by atomic mass is 10.1. The molecule has 0 radical (unpaired) electrons. The average molecular weight is 282 g/mol. The number of para-hydroxylation sites is 3. The Balaban J connectivity index is 2.06. The highest BCUT2D eigenvalue weighted by Gasteiger charge is 2.20. The maximum atomic E-state index is 10.1. The Labute approximate surface area is 123 Å². The zero-order valence-corrected chi connectivity index (χ0v) is 12.2. The van der Waals surface area contributed by atoms with Gasteiger partial charge in [-0.25, -0.2) is 0 Å². The molecule has 0 aliphatic heterocycles. The average Bonchev–Trinajstić information content (AvgIpc) is 2.76. The largest absolute Gasteiger partial charge is 0.425 e. The van der Waals surface area contributed by atoms with E-state index in [0.29, 0.717) is 12.6 Å². The summed E-state index contributed by atoms with van der Waals surface area (Å²) in [7, 11) is 0. The maximum absolute atomic E-state index is 10.1. The van der Waals surface area contributed by atoms with Crippen molar-refractivity contribution in [1.29, 1.82) is 0 Å². The van der Waals surface area contributed by atoms with Crippen molar-refractivity contribution >= 4 is 11.0 Å². The van der Waals surface area contributed by atoms with E-state index in [1.807, 2.05) is 59.2 Å². The van der Waals surface area contributed by atoms with Crippen LogP contribution in [0.4, 0.5) is 0 Å². The molecule has 4 nitrogen and oxygen atoms in total. The van der Waals surface area contributed by atoms with Crippen LogP contribution in [0.15, 0.2) is 54.6 Å². The predicted molar refractivity (Wildman–Crippen MR) is 82.5 cm³/mol. The molecule has 0 amide bonds. The van der Waals surface area contributed by atoms with Gasteiger partial charge in [-0.3, -0.25) is 4.57 Å². The zero-order chi connectivity index (χ0) is 14.9. The first-order chi connectivity index (χ1) is 10.0. The molecule has 3 aromatic rings. The van der Waals surface area contributed by atoms with Crippen LogP contribution < -0.4 is 4.74 Å². The first-order valence-electron chi connectivity index (χ1n) is 6.93. The van der Waals surface area contributed by atoms with Gasteiger partial charge in [-0.05, 0) is 38.1 Å². The van der Waals surface area contributed by atoms with Crippen molar-refractivity contribution < 1.29 is 9.84 Å². The van der Waals surface area contributed by atoms with Gasteiger partial charge in [0.15, 0.2) is 0 Å². The molecule has 1 aromatic heterocycles. The van der Waals surface area contributed by atoms with E-state index >= 15 is 0 Å². The number of benzene rings is 2. The van der Waals surface area contributed by atoms with Crippen molar-refractivity contribution in [2.75, 3.05) is 0 Å². The molecule has 0 unspecified atom stereocenters. The van der Waals surface area contributed by atoms with E-state index in [1.165, 1.54) is 0 Å². The van der Waals surface area contributed by atoms with Gasteiger partial charge in [0.25, 0.3) is 0 Å². The lowest BCUT2D eigenvalue weighted by Gasteiger charge is -2.19. The second-order valence-electron chi connectivity index (χ2n) is 5.70. The van der Waals surface area contributed by atoms with Crippen molar-refractivity contribution in [2.24, 2.45) is 0 Å². The summed E-state index contributed by atoms with van der Waals surface area (Å²) in [5, 5.41) is 10.1. The van der Waals surface area contributed by atoms with Crippen LogP contribution in [0.3, 0.4) is 0 Å². The molecule has 1 heterocycles. The molecule has 0 spiro atoms. The van der Waals surface area contributed by atoms with Crippen molar-refractivity contribution in [3.05, 3.63) is 54.6 Å². The molecule has 0 saturated carbocycles. The highest BCUT2D eigenvalue weighted by atomic mass is 16.5. The Hall–Kier alpha value is -2.33. The molecular formula is C17H18N2O2. The number of aromatic nitrogens is 2. The molecule has 0 bridgehead atoms. The fourth-order valence-corrected chi connectivity index (χ4v) is 2.26. The molecule has 3 rings (SSSR count). The van der Waals surface area contributed by atoms with Gasteiger partial charge in [0.1, 0.15) is 5.75 Å². The predicted octanol–water partition coefficient (Wildman–Crippen LogP) is 3.60. The van der Waals surface area contributed by atoms with E-state index in [9.17, 15) is 5.11 Å². The summed E-state index contributed by atoms with van der Waals surface area (Å²) in [6.45, 7) is 3.96. The standard InChI is InChI=1S/C17H18N2O2/c1-17(2,20)12-19-15-11-7-6-10-14(15)18-16(19)21-13-8-4-3-5-9-13/h3-11,20H,12H2,1-2H3. The number of rotatable bonds is 4. The number of ether oxygens (including phenoxy) is 1. The molecule has 0 atom stereocenters. The maximum Gasteiger partial charge on any atom is 0.303 e. The smallest absolute Gasteiger partial charge is 0.303 e. The van der Waals surface area contributed by atoms with Crippen molar-refractivity contribution in [1.82, 2.24) is 9.55 Å². The highest BCUT2D eigenvalue weighted by molar-refractivity contribution is 5.76. The quantitative estimate of drug-likeness (QED) is 0.795. The van der Waals surface area contributed by atoms with Gasteiger partial charge in [0, 0.05) is 0 Å². The zero-order valence-electron chi connectivity index (χ0n) is 12.2. The molecule has 4 heteroatoms. The van der Waals surface area contributed by atoms with Gasteiger partial charge in [-0.1, -0.05) is 30.3 Å². The molecule has 0 aliphatic rings. The second-order valence-corrected chi connectivity index (χ2v) is 5.70. The lowest BCUT2D eigenvalue weighted by molar-refractivity contribution is 0.0606. The van der Waals surface area contributed by atoms with Gasteiger partial charge in [0.05, 0.1) is 23.2 Å². The van der Waals surface area contributed by atoms with Crippen LogP contribution in [0.2, 0.25) is 0 Å². The van der Waals surface area contributed by atoms with E-state index in [-0.39, 0.29) is 0 Å². The van der Waals surface area contributed by atoms with Crippen LogP contribution in [-0.4, -0.2) is 20.3 Å². The topological polar surface area (TPSA) is 47.3 Å². The van der Waals surface area contributed by atoms with E-state index < -0.39 is 5.60 Å². The molecule has 21 heavy (non-hydrogen) atoms. The number of aliphatic hydroxyl groups is 1. The van der Waals surface area contributed by atoms with Crippen LogP contribution in [0.1, 0.15) is 13.8 Å². The summed E-state index contributed by atoms with van der Waals surface area (Å²) < 4.78 is 7.79. The van der Waals surface area contributed by atoms with Crippen LogP contribution in [0.25, 0.3) is 11.0 Å². The highest BCUT2D eigenvalue weighted by Crippen LogP contribution is 2.27. The molecule has 0 aliphatic carbocycles. The Bertz CT molecular complexity index is 742. The Kier molecular flexibility index (Phi) is 3.39. The van der Waals surface area contributed by atoms with E-state index in [2.05, 4.69) is 4.98 Å². The monoisotopic (exact) mass is 282 g/mol. The minimum absolute atomic E-state index is 0.412. The third kappa shape index (κ3) is 3.06. The first kappa shape index (κ1) is 13.6. The van der Waals surface area contributed by atoms with Crippen LogP contribution in [-0.2, 0) is 6.54 Å². The summed E-state index contributed by atoms with van der Waals surface area (Å²) in [4.78, 5) is 4.52. The number of fused-ring (bicyclic) bond motifs is 1. The molecule has 108 valence electrons. The minimum atomic E-state index is -0.849. The lowest BCUT2D eigenvalue weighted by Crippen LogP contribution is -2.26. The molecular weight excluding hydrogens is 264 g/mol. The fraction of sp³-hybridized carbons (Fsp3) is 0.235. The van der Waals surface area contributed by atoms with Crippen molar-refractivity contribution in [2.45, 2.75) is 26.0 Å². The molecule has 1 N–H and O–H groups in total. The van der Waals surface area contributed by atoms with Gasteiger partial charge in [-0.2, -0.15) is 4.98 Å². The van der Waals surface area contributed by atoms with Crippen LogP contribution >= 0.6 is 0 Å². The second kappa shape index (κ2) is 5.22. The molecule has 0 saturated heterocycles. The number of hydrogen-bond donors (Lipinski definition) is 1. The SMILES string of the molecule is CC(C)(O)Cn1c(Oc2ccccc2)nc2ccccc21. The Morgan fingerprint density at radius 3 is 2.43 bits per heavy atom. The Morgan fingerprint density at radius 1 is 1.05 bits per heavy atom. The fourth-order valence-electron chi connectivity index (χ4n) is 2.26. The van der Waals surface area contributed by atoms with Crippen LogP contribution in [0.5, 0.6) is 11.8 Å². The van der Waals surface area contributed by atoms with Gasteiger partial charge in [-0.15, -0.1) is 0 Å². The summed E-state index contributed by atoms with van der Waals surface area (Å²) in [6, 6.07) is 17.8. The van der Waals surface area contributed by atoms with Gasteiger partial charge >= 0.3 is 6.01 Å². The Morgan fingerprint density at radius 2 is 1.71 bits per heavy atom. The van der Waals surface area contributed by atoms with Gasteiger partial charge < -0.3 is 9.84 Å². The van der Waals surface area contributed by atoms with E-state index in [1.54, 1.807) is 13.8 Å². The summed E-state index contributed by atoms with van der Waals surface area (Å²) in [6.07, 6.45) is 0. The summed E-state index contributed by atoms with van der Waals surface area (Å²) in [5.74, 6) is 0.727. The van der Waals surface area contributed by atoms with E-state index in [0.717, 1.165) is 16.8 Å². The van der Waals surface area contributed by atoms with Crippen LogP contribution in [0, 0.1) is 0 Å². The summed E-state index contributed by atoms with van der Waals surface area (Å²) >= 11 is 0. The van der Waals surface area contributed by atoms with Crippen molar-refractivity contribution in [3.8, 4) is 11.8 Å². The molecule has 0 fully saturated rings. The number of imidazole rings is 1. The first-order valence-corrected chi connectivity index (χ1v) is 6.93. The number of nitrogens with zero attached hydrogens (tertiary/aromatic N) is 2.